The van der Waals surface area contributed by atoms with E-state index in [-0.39, 0.29) is 16.7 Å². The number of rotatable bonds is 4. The second-order valence-corrected chi connectivity index (χ2v) is 14.7. The van der Waals surface area contributed by atoms with Crippen LogP contribution in [0, 0.1) is 50.7 Å². The van der Waals surface area contributed by atoms with Gasteiger partial charge in [-0.3, -0.25) is 4.79 Å². The summed E-state index contributed by atoms with van der Waals surface area (Å²) in [7, 11) is 0. The predicted molar refractivity (Wildman–Crippen MR) is 132 cm³/mol. The van der Waals surface area contributed by atoms with Crippen molar-refractivity contribution in [3.63, 3.8) is 0 Å². The van der Waals surface area contributed by atoms with Gasteiger partial charge in [-0.2, -0.15) is 0 Å². The number of Topliss-reactive ketones (excluding diaryl/α,β-unsaturated/α-hetero) is 1. The second kappa shape index (κ2) is 6.96. The number of aliphatic hydroxyl groups excluding tert-OH is 1. The van der Waals surface area contributed by atoms with Crippen LogP contribution >= 0.6 is 0 Å². The first-order valence-electron chi connectivity index (χ1n) is 13.8. The number of carbonyl (C=O) groups excluding carboxylic acids is 1. The summed E-state index contributed by atoms with van der Waals surface area (Å²) >= 11 is 0. The van der Waals surface area contributed by atoms with E-state index in [1.165, 1.54) is 44.9 Å². The highest BCUT2D eigenvalue weighted by atomic mass is 16.3. The fraction of sp³-hybridized carbons (Fsp3) is 0.900. The lowest BCUT2D eigenvalue weighted by Gasteiger charge is -2.62. The topological polar surface area (TPSA) is 57.5 Å². The van der Waals surface area contributed by atoms with Gasteiger partial charge in [0.1, 0.15) is 5.78 Å². The van der Waals surface area contributed by atoms with Crippen molar-refractivity contribution in [2.75, 3.05) is 0 Å². The lowest BCUT2D eigenvalue weighted by Crippen LogP contribution is -2.57. The van der Waals surface area contributed by atoms with Gasteiger partial charge in [-0.05, 0) is 111 Å². The molecular formula is C30H48O3. The molecule has 5 aliphatic carbocycles. The third-order valence-corrected chi connectivity index (χ3v) is 12.8. The van der Waals surface area contributed by atoms with Crippen molar-refractivity contribution < 1.29 is 15.0 Å². The molecule has 3 heteroatoms. The summed E-state index contributed by atoms with van der Waals surface area (Å²) in [4.78, 5) is 12.8. The molecule has 0 aromatic heterocycles. The monoisotopic (exact) mass is 456 g/mol. The molecule has 186 valence electrons. The van der Waals surface area contributed by atoms with E-state index >= 15 is 0 Å². The maximum atomic E-state index is 12.8. The molecule has 0 aromatic rings. The van der Waals surface area contributed by atoms with E-state index in [1.807, 2.05) is 6.08 Å². The molecule has 5 rings (SSSR count). The van der Waals surface area contributed by atoms with Crippen LogP contribution in [0.5, 0.6) is 0 Å². The summed E-state index contributed by atoms with van der Waals surface area (Å²) in [5.74, 6) is 2.57. The van der Waals surface area contributed by atoms with Crippen LogP contribution < -0.4 is 0 Å². The average molecular weight is 457 g/mol. The van der Waals surface area contributed by atoms with Gasteiger partial charge in [-0.25, -0.2) is 0 Å². The van der Waals surface area contributed by atoms with Crippen molar-refractivity contribution in [1.82, 2.24) is 0 Å². The highest BCUT2D eigenvalue weighted by Gasteiger charge is 2.82. The van der Waals surface area contributed by atoms with Crippen LogP contribution in [0.25, 0.3) is 0 Å². The number of carbonyl (C=O) groups is 1. The quantitative estimate of drug-likeness (QED) is 0.487. The van der Waals surface area contributed by atoms with Crippen molar-refractivity contribution >= 4 is 5.78 Å². The Labute approximate surface area is 201 Å². The van der Waals surface area contributed by atoms with Crippen molar-refractivity contribution in [3.8, 4) is 0 Å². The normalized spacial score (nSPS) is 50.2. The Hall–Kier alpha value is -0.670. The van der Waals surface area contributed by atoms with E-state index in [4.69, 9.17) is 0 Å². The van der Waals surface area contributed by atoms with Gasteiger partial charge in [-0.15, -0.1) is 0 Å². The number of aliphatic hydroxyl groups is 2. The first kappa shape index (κ1) is 24.0. The Bertz CT molecular complexity index is 866. The van der Waals surface area contributed by atoms with Crippen LogP contribution in [0.4, 0.5) is 0 Å². The minimum absolute atomic E-state index is 0.141. The third kappa shape index (κ3) is 2.97. The van der Waals surface area contributed by atoms with Crippen LogP contribution in [0.1, 0.15) is 106 Å². The molecule has 2 N–H and O–H groups in total. The highest BCUT2D eigenvalue weighted by molar-refractivity contribution is 5.86. The van der Waals surface area contributed by atoms with Crippen molar-refractivity contribution in [2.45, 2.75) is 118 Å². The Morgan fingerprint density at radius 1 is 0.939 bits per heavy atom. The molecule has 5 fully saturated rings. The molecule has 0 saturated heterocycles. The van der Waals surface area contributed by atoms with E-state index in [1.54, 1.807) is 19.9 Å². The second-order valence-electron chi connectivity index (χ2n) is 14.7. The fourth-order valence-electron chi connectivity index (χ4n) is 10.8. The summed E-state index contributed by atoms with van der Waals surface area (Å²) in [6.07, 6.45) is 14.0. The summed E-state index contributed by atoms with van der Waals surface area (Å²) in [6.45, 7) is 15.4. The first-order valence-corrected chi connectivity index (χ1v) is 13.8. The van der Waals surface area contributed by atoms with E-state index in [9.17, 15) is 15.0 Å². The Kier molecular flexibility index (Phi) is 5.07. The Morgan fingerprint density at radius 3 is 2.24 bits per heavy atom. The molecule has 0 bridgehead atoms. The van der Waals surface area contributed by atoms with E-state index < -0.39 is 11.7 Å². The molecule has 9 atom stereocenters. The van der Waals surface area contributed by atoms with Gasteiger partial charge in [0.05, 0.1) is 11.7 Å². The molecule has 0 heterocycles. The molecule has 2 spiro atoms. The summed E-state index contributed by atoms with van der Waals surface area (Å²) in [5, 5.41) is 21.1. The largest absolute Gasteiger partial charge is 0.389 e. The average Bonchev–Trinajstić information content (AvgIpc) is 3.31. The number of fused-ring (bicyclic) bond motifs is 2. The number of hydrogen-bond acceptors (Lipinski definition) is 3. The molecule has 0 aliphatic heterocycles. The molecule has 5 saturated carbocycles. The van der Waals surface area contributed by atoms with Crippen molar-refractivity contribution in [3.05, 3.63) is 12.2 Å². The van der Waals surface area contributed by atoms with Gasteiger partial charge in [0, 0.05) is 11.8 Å². The standard InChI is InChI=1S/C30H48O3/c1-19(21(31)11-13-25(2,3)33)20-10-14-28(7)23-9-8-22-26(4,5)24(32)12-15-29(22)18-30(23,29)17-16-27(20,28)6/h11,13,19-23,31,33H,8-10,12,14-18H2,1-7H3/b13-11+/t19-,20+,21-,22-,23-,27-,28-,29-,30+/m0/s1. The van der Waals surface area contributed by atoms with Crippen LogP contribution in [0.3, 0.4) is 0 Å². The van der Waals surface area contributed by atoms with Crippen LogP contribution in [0.15, 0.2) is 12.2 Å². The number of ketones is 1. The van der Waals surface area contributed by atoms with E-state index in [0.29, 0.717) is 33.9 Å². The van der Waals surface area contributed by atoms with Crippen LogP contribution in [0.2, 0.25) is 0 Å². The zero-order valence-electron chi connectivity index (χ0n) is 22.2. The fourth-order valence-corrected chi connectivity index (χ4v) is 10.8. The highest BCUT2D eigenvalue weighted by Crippen LogP contribution is 2.88. The van der Waals surface area contributed by atoms with Gasteiger partial charge < -0.3 is 10.2 Å². The van der Waals surface area contributed by atoms with Crippen LogP contribution in [-0.2, 0) is 4.79 Å². The van der Waals surface area contributed by atoms with E-state index in [0.717, 1.165) is 18.8 Å². The predicted octanol–water partition coefficient (Wildman–Crippen LogP) is 6.32. The van der Waals surface area contributed by atoms with Gasteiger partial charge in [0.25, 0.3) is 0 Å². The summed E-state index contributed by atoms with van der Waals surface area (Å²) in [6, 6.07) is 0. The Balaban J connectivity index is 1.42. The smallest absolute Gasteiger partial charge is 0.138 e. The van der Waals surface area contributed by atoms with Gasteiger partial charge in [-0.1, -0.05) is 46.8 Å². The lowest BCUT2D eigenvalue weighted by atomic mass is 9.42. The summed E-state index contributed by atoms with van der Waals surface area (Å²) < 4.78 is 0. The minimum Gasteiger partial charge on any atom is -0.389 e. The molecule has 0 aromatic carbocycles. The lowest BCUT2D eigenvalue weighted by molar-refractivity contribution is -0.158. The minimum atomic E-state index is -0.889. The molecule has 0 amide bonds. The van der Waals surface area contributed by atoms with Gasteiger partial charge in [0.15, 0.2) is 0 Å². The van der Waals surface area contributed by atoms with E-state index in [2.05, 4.69) is 34.6 Å². The third-order valence-electron chi connectivity index (χ3n) is 12.8. The molecule has 3 nitrogen and oxygen atoms in total. The van der Waals surface area contributed by atoms with Gasteiger partial charge in [0.2, 0.25) is 0 Å². The summed E-state index contributed by atoms with van der Waals surface area (Å²) in [5.41, 5.74) is 0.445. The molecule has 5 aliphatic rings. The maximum Gasteiger partial charge on any atom is 0.138 e. The molecular weight excluding hydrogens is 408 g/mol. The first-order chi connectivity index (χ1) is 15.1. The SMILES string of the molecule is C[C@@H]([C@H]1CC[C@@]2(C)[C@@H]3CC[C@H]4C(C)(C)C(=O)CC[C@]45C[C@]35CC[C@@]12C)[C@@H](O)/C=C/C(C)(C)O. The van der Waals surface area contributed by atoms with Gasteiger partial charge >= 0.3 is 0 Å². The van der Waals surface area contributed by atoms with Crippen molar-refractivity contribution in [1.29, 1.82) is 0 Å². The molecule has 0 radical (unpaired) electrons. The molecule has 33 heavy (non-hydrogen) atoms. The van der Waals surface area contributed by atoms with Crippen molar-refractivity contribution in [2.24, 2.45) is 50.7 Å². The zero-order valence-corrected chi connectivity index (χ0v) is 22.2. The molecule has 0 unspecified atom stereocenters. The zero-order chi connectivity index (χ0) is 24.2. The number of hydrogen-bond donors (Lipinski definition) is 2. The van der Waals surface area contributed by atoms with Crippen LogP contribution in [-0.4, -0.2) is 27.7 Å². The maximum absolute atomic E-state index is 12.8. The Morgan fingerprint density at radius 2 is 1.58 bits per heavy atom.